The maximum Gasteiger partial charge on any atom is 0.303 e. The summed E-state index contributed by atoms with van der Waals surface area (Å²) in [5.74, 6) is -0.240. The normalized spacial score (nSPS) is 22.7. The number of hydrogen-bond acceptors (Lipinski definition) is 2. The topological polar surface area (TPSA) is 26.3 Å². The molecule has 4 atom stereocenters. The Kier molecular flexibility index (Phi) is 6.61. The summed E-state index contributed by atoms with van der Waals surface area (Å²) in [6.45, 7) is 1.53. The Morgan fingerprint density at radius 2 is 1.32 bits per heavy atom. The van der Waals surface area contributed by atoms with Gasteiger partial charge in [0.15, 0.2) is 0 Å². The third-order valence-corrected chi connectivity index (χ3v) is 10.5. The van der Waals surface area contributed by atoms with Crippen LogP contribution in [0.25, 0.3) is 0 Å². The molecular formula is C31H29O2P. The molecule has 0 saturated carbocycles. The Hall–Kier alpha value is -3.22. The number of ether oxygens (including phenoxy) is 1. The van der Waals surface area contributed by atoms with Crippen molar-refractivity contribution in [1.29, 1.82) is 0 Å². The zero-order chi connectivity index (χ0) is 23.4. The Bertz CT molecular complexity index is 1210. The molecule has 34 heavy (non-hydrogen) atoms. The standard InChI is InChI=1S/C31H29O2P/c1-24(32)33-30(26-16-8-3-9-17-26)31(27-18-10-4-11-19-27)23-22-29(25-14-6-2-7-15-25)34(31)28-20-12-5-13-21-28/h2-21,29-30H,22-23H2,1H3/t29-,30?,31+,34?/m0/s1. The van der Waals surface area contributed by atoms with E-state index in [0.29, 0.717) is 5.66 Å². The van der Waals surface area contributed by atoms with Crippen molar-refractivity contribution >= 4 is 19.2 Å². The van der Waals surface area contributed by atoms with Gasteiger partial charge in [-0.1, -0.05) is 129 Å². The Morgan fingerprint density at radius 3 is 1.91 bits per heavy atom. The molecular weight excluding hydrogens is 435 g/mol. The largest absolute Gasteiger partial charge is 0.456 e. The number of hydrogen-bond donors (Lipinski definition) is 0. The van der Waals surface area contributed by atoms with Crippen LogP contribution < -0.4 is 5.30 Å². The number of benzene rings is 4. The lowest BCUT2D eigenvalue weighted by Gasteiger charge is -2.44. The molecule has 1 aliphatic rings. The van der Waals surface area contributed by atoms with E-state index in [0.717, 1.165) is 18.4 Å². The van der Waals surface area contributed by atoms with Crippen LogP contribution in [0.1, 0.15) is 48.2 Å². The lowest BCUT2D eigenvalue weighted by atomic mass is 9.84. The van der Waals surface area contributed by atoms with Gasteiger partial charge in [-0.05, 0) is 34.8 Å². The Morgan fingerprint density at radius 1 is 0.794 bits per heavy atom. The van der Waals surface area contributed by atoms with Gasteiger partial charge in [-0.3, -0.25) is 4.79 Å². The van der Waals surface area contributed by atoms with Gasteiger partial charge in [0, 0.05) is 12.6 Å². The highest BCUT2D eigenvalue weighted by Crippen LogP contribution is 2.76. The maximum atomic E-state index is 12.5. The highest BCUT2D eigenvalue weighted by Gasteiger charge is 2.56. The summed E-state index contributed by atoms with van der Waals surface area (Å²) in [4.78, 5) is 12.5. The number of carbonyl (C=O) groups excluding carboxylic acids is 1. The van der Waals surface area contributed by atoms with Crippen molar-refractivity contribution in [3.63, 3.8) is 0 Å². The minimum atomic E-state index is -0.775. The van der Waals surface area contributed by atoms with Crippen LogP contribution in [0.15, 0.2) is 121 Å². The number of carbonyl (C=O) groups is 1. The van der Waals surface area contributed by atoms with Crippen molar-refractivity contribution in [2.75, 3.05) is 0 Å². The molecule has 3 heteroatoms. The molecule has 1 fully saturated rings. The molecule has 1 heterocycles. The van der Waals surface area contributed by atoms with E-state index in [9.17, 15) is 4.79 Å². The van der Waals surface area contributed by atoms with Crippen molar-refractivity contribution in [1.82, 2.24) is 0 Å². The molecule has 0 bridgehead atoms. The van der Waals surface area contributed by atoms with Crippen molar-refractivity contribution in [3.8, 4) is 0 Å². The first kappa shape index (κ1) is 22.6. The quantitative estimate of drug-likeness (QED) is 0.218. The molecule has 0 amide bonds. The molecule has 0 N–H and O–H groups in total. The summed E-state index contributed by atoms with van der Waals surface area (Å²) in [5, 5.41) is 1.01. The zero-order valence-corrected chi connectivity index (χ0v) is 20.3. The van der Waals surface area contributed by atoms with E-state index in [1.807, 2.05) is 18.2 Å². The summed E-state index contributed by atoms with van der Waals surface area (Å²) >= 11 is 0. The zero-order valence-electron chi connectivity index (χ0n) is 19.4. The van der Waals surface area contributed by atoms with Crippen molar-refractivity contribution in [2.24, 2.45) is 0 Å². The minimum Gasteiger partial charge on any atom is -0.456 e. The van der Waals surface area contributed by atoms with Crippen LogP contribution in [-0.4, -0.2) is 5.97 Å². The summed E-state index contributed by atoms with van der Waals surface area (Å²) in [7, 11) is -0.775. The van der Waals surface area contributed by atoms with E-state index >= 15 is 0 Å². The predicted octanol–water partition coefficient (Wildman–Crippen LogP) is 7.53. The summed E-state index contributed by atoms with van der Waals surface area (Å²) in [6, 6.07) is 42.8. The first-order valence-electron chi connectivity index (χ1n) is 11.9. The first-order chi connectivity index (χ1) is 16.7. The SMILES string of the molecule is CC(=O)OC(c1ccccc1)[C@]1(c2ccccc2)CC[C@@H](c2ccccc2)P1c1ccccc1. The van der Waals surface area contributed by atoms with Gasteiger partial charge in [-0.25, -0.2) is 0 Å². The molecule has 1 saturated heterocycles. The van der Waals surface area contributed by atoms with E-state index in [-0.39, 0.29) is 17.2 Å². The van der Waals surface area contributed by atoms with E-state index in [1.165, 1.54) is 23.4 Å². The van der Waals surface area contributed by atoms with E-state index < -0.39 is 7.92 Å². The minimum absolute atomic E-state index is 0.240. The van der Waals surface area contributed by atoms with Gasteiger partial charge >= 0.3 is 5.97 Å². The lowest BCUT2D eigenvalue weighted by Crippen LogP contribution is -2.35. The lowest BCUT2D eigenvalue weighted by molar-refractivity contribution is -0.149. The van der Waals surface area contributed by atoms with Gasteiger partial charge in [-0.15, -0.1) is 0 Å². The van der Waals surface area contributed by atoms with E-state index in [2.05, 4.69) is 103 Å². The molecule has 2 nitrogen and oxygen atoms in total. The molecule has 0 aliphatic carbocycles. The predicted molar refractivity (Wildman–Crippen MR) is 140 cm³/mol. The van der Waals surface area contributed by atoms with Gasteiger partial charge in [-0.2, -0.15) is 0 Å². The highest BCUT2D eigenvalue weighted by atomic mass is 31.1. The molecule has 1 aliphatic heterocycles. The summed E-state index contributed by atoms with van der Waals surface area (Å²) in [5.41, 5.74) is 4.04. The summed E-state index contributed by atoms with van der Waals surface area (Å²) < 4.78 is 6.29. The van der Waals surface area contributed by atoms with Gasteiger partial charge in [0.25, 0.3) is 0 Å². The smallest absolute Gasteiger partial charge is 0.303 e. The first-order valence-corrected chi connectivity index (χ1v) is 13.3. The Balaban J connectivity index is 1.78. The van der Waals surface area contributed by atoms with Gasteiger partial charge in [0.1, 0.15) is 6.10 Å². The van der Waals surface area contributed by atoms with Crippen molar-refractivity contribution < 1.29 is 9.53 Å². The van der Waals surface area contributed by atoms with E-state index in [1.54, 1.807) is 0 Å². The number of esters is 1. The van der Waals surface area contributed by atoms with Crippen molar-refractivity contribution in [3.05, 3.63) is 138 Å². The molecule has 4 aromatic carbocycles. The fourth-order valence-corrected chi connectivity index (χ4v) is 9.51. The van der Waals surface area contributed by atoms with Crippen LogP contribution in [0.5, 0.6) is 0 Å². The monoisotopic (exact) mass is 464 g/mol. The second-order valence-electron chi connectivity index (χ2n) is 8.86. The molecule has 0 spiro atoms. The fourth-order valence-electron chi connectivity index (χ4n) is 5.53. The van der Waals surface area contributed by atoms with Crippen LogP contribution in [-0.2, 0) is 14.7 Å². The fraction of sp³-hybridized carbons (Fsp3) is 0.194. The van der Waals surface area contributed by atoms with Crippen LogP contribution in [0.3, 0.4) is 0 Å². The average molecular weight is 465 g/mol. The van der Waals surface area contributed by atoms with Crippen LogP contribution >= 0.6 is 7.92 Å². The third-order valence-electron chi connectivity index (χ3n) is 6.85. The summed E-state index contributed by atoms with van der Waals surface area (Å²) in [6.07, 6.45) is 1.63. The van der Waals surface area contributed by atoms with Crippen LogP contribution in [0.4, 0.5) is 0 Å². The van der Waals surface area contributed by atoms with Gasteiger partial charge < -0.3 is 4.74 Å². The second-order valence-corrected chi connectivity index (χ2v) is 11.5. The molecule has 0 aromatic heterocycles. The molecule has 2 unspecified atom stereocenters. The molecule has 0 radical (unpaired) electrons. The van der Waals surface area contributed by atoms with Crippen LogP contribution in [0, 0.1) is 0 Å². The molecule has 5 rings (SSSR count). The highest BCUT2D eigenvalue weighted by molar-refractivity contribution is 7.67. The average Bonchev–Trinajstić information content (AvgIpc) is 3.30. The maximum absolute atomic E-state index is 12.5. The van der Waals surface area contributed by atoms with E-state index in [4.69, 9.17) is 4.74 Å². The third kappa shape index (κ3) is 4.19. The van der Waals surface area contributed by atoms with Crippen molar-refractivity contribution in [2.45, 2.75) is 36.7 Å². The Labute approximate surface area is 203 Å². The molecule has 170 valence electrons. The second kappa shape index (κ2) is 9.95. The van der Waals surface area contributed by atoms with Crippen LogP contribution in [0.2, 0.25) is 0 Å². The van der Waals surface area contributed by atoms with Gasteiger partial charge in [0.05, 0.1) is 5.16 Å². The number of rotatable bonds is 6. The molecule has 4 aromatic rings. The van der Waals surface area contributed by atoms with Gasteiger partial charge in [0.2, 0.25) is 0 Å².